The monoisotopic (exact) mass is 368 g/mol. The van der Waals surface area contributed by atoms with E-state index in [4.69, 9.17) is 4.74 Å². The van der Waals surface area contributed by atoms with Crippen LogP contribution in [0.4, 0.5) is 0 Å². The van der Waals surface area contributed by atoms with E-state index in [0.29, 0.717) is 17.0 Å². The Labute approximate surface area is 164 Å². The lowest BCUT2D eigenvalue weighted by Gasteiger charge is -2.30. The Balaban J connectivity index is 1.84. The van der Waals surface area contributed by atoms with Crippen molar-refractivity contribution in [2.24, 2.45) is 0 Å². The van der Waals surface area contributed by atoms with Crippen molar-refractivity contribution in [2.45, 2.75) is 26.4 Å². The smallest absolute Gasteiger partial charge is 0.224 e. The van der Waals surface area contributed by atoms with Crippen molar-refractivity contribution < 1.29 is 9.47 Å². The number of rotatable bonds is 2. The summed E-state index contributed by atoms with van der Waals surface area (Å²) in [6.45, 7) is 5.93. The highest BCUT2D eigenvalue weighted by atomic mass is 16.5. The first-order valence-electron chi connectivity index (χ1n) is 9.13. The number of fused-ring (bicyclic) bond motifs is 1. The Kier molecular flexibility index (Phi) is 4.16. The molecule has 2 heterocycles. The van der Waals surface area contributed by atoms with Crippen LogP contribution in [0.15, 0.2) is 66.9 Å². The average Bonchev–Trinajstić information content (AvgIpc) is 2.66. The molecular formula is C24H20N2O2. The molecule has 0 N–H and O–H groups in total. The molecule has 0 unspecified atom stereocenters. The summed E-state index contributed by atoms with van der Waals surface area (Å²) in [5.74, 6) is 0.671. The number of ether oxygens (including phenoxy) is 1. The van der Waals surface area contributed by atoms with Gasteiger partial charge < -0.3 is 9.94 Å². The molecule has 4 rings (SSSR count). The Bertz CT molecular complexity index is 1150. The van der Waals surface area contributed by atoms with Gasteiger partial charge >= 0.3 is 0 Å². The third kappa shape index (κ3) is 3.23. The highest BCUT2D eigenvalue weighted by molar-refractivity contribution is 5.83. The second kappa shape index (κ2) is 6.54. The number of hydrogen-bond acceptors (Lipinski definition) is 3. The molecule has 28 heavy (non-hydrogen) atoms. The fourth-order valence-electron chi connectivity index (χ4n) is 3.53. The molecule has 4 nitrogen and oxygen atoms in total. The molecule has 0 amide bonds. The molecule has 1 aliphatic rings. The number of benzene rings is 2. The van der Waals surface area contributed by atoms with Crippen LogP contribution in [0.5, 0.6) is 5.75 Å². The van der Waals surface area contributed by atoms with Crippen LogP contribution >= 0.6 is 0 Å². The van der Waals surface area contributed by atoms with Crippen LogP contribution in [0.2, 0.25) is 0 Å². The van der Waals surface area contributed by atoms with Gasteiger partial charge in [0.25, 0.3) is 0 Å². The molecule has 0 atom stereocenters. The number of nitrogens with zero attached hydrogens (tertiary/aromatic N) is 2. The zero-order chi connectivity index (χ0) is 19.9. The van der Waals surface area contributed by atoms with E-state index in [1.165, 1.54) is 0 Å². The average molecular weight is 368 g/mol. The first kappa shape index (κ1) is 17.8. The van der Waals surface area contributed by atoms with Gasteiger partial charge in [-0.25, -0.2) is 0 Å². The van der Waals surface area contributed by atoms with Gasteiger partial charge in [-0.3, -0.25) is 0 Å². The van der Waals surface area contributed by atoms with Crippen LogP contribution in [-0.4, -0.2) is 5.60 Å². The Hall–Kier alpha value is -3.58. The molecule has 1 aliphatic heterocycles. The maximum atomic E-state index is 12.9. The lowest BCUT2D eigenvalue weighted by Crippen LogP contribution is -2.35. The summed E-state index contributed by atoms with van der Waals surface area (Å²) < 4.78 is 6.92. The van der Waals surface area contributed by atoms with Crippen LogP contribution in [0.3, 0.4) is 0 Å². The number of aromatic nitrogens is 1. The summed E-state index contributed by atoms with van der Waals surface area (Å²) in [5.41, 5.74) is 5.04. The fourth-order valence-corrected chi connectivity index (χ4v) is 3.53. The molecule has 0 fully saturated rings. The first-order valence-corrected chi connectivity index (χ1v) is 9.13. The summed E-state index contributed by atoms with van der Waals surface area (Å²) in [4.78, 5) is 0. The Morgan fingerprint density at radius 2 is 1.86 bits per heavy atom. The van der Waals surface area contributed by atoms with E-state index in [2.05, 4.69) is 12.1 Å². The SMILES string of the molecule is Cc1cccc(-c2ccc(C3=CC(C)(C)Oc4ccc(C#N)cc43)[n+]([O-])c2)c1. The Morgan fingerprint density at radius 3 is 2.57 bits per heavy atom. The maximum Gasteiger partial charge on any atom is 0.224 e. The normalized spacial score (nSPS) is 14.4. The van der Waals surface area contributed by atoms with Crippen molar-refractivity contribution in [1.29, 1.82) is 5.26 Å². The summed E-state index contributed by atoms with van der Waals surface area (Å²) in [6, 6.07) is 19.3. The third-order valence-electron chi connectivity index (χ3n) is 4.81. The summed E-state index contributed by atoms with van der Waals surface area (Å²) in [7, 11) is 0. The summed E-state index contributed by atoms with van der Waals surface area (Å²) in [6.07, 6.45) is 3.54. The zero-order valence-electron chi connectivity index (χ0n) is 16.1. The third-order valence-corrected chi connectivity index (χ3v) is 4.81. The molecule has 0 radical (unpaired) electrons. The van der Waals surface area contributed by atoms with Gasteiger partial charge in [0, 0.05) is 17.2 Å². The predicted molar refractivity (Wildman–Crippen MR) is 109 cm³/mol. The predicted octanol–water partition coefficient (Wildman–Crippen LogP) is 4.77. The minimum atomic E-state index is -0.557. The van der Waals surface area contributed by atoms with Crippen molar-refractivity contribution in [2.75, 3.05) is 0 Å². The quantitative estimate of drug-likeness (QED) is 0.483. The summed E-state index contributed by atoms with van der Waals surface area (Å²) >= 11 is 0. The molecule has 0 saturated carbocycles. The highest BCUT2D eigenvalue weighted by Crippen LogP contribution is 2.39. The number of nitriles is 1. The lowest BCUT2D eigenvalue weighted by atomic mass is 9.91. The van der Waals surface area contributed by atoms with Gasteiger partial charge in [0.1, 0.15) is 11.4 Å². The van der Waals surface area contributed by atoms with E-state index in [1.54, 1.807) is 24.4 Å². The van der Waals surface area contributed by atoms with Gasteiger partial charge in [-0.1, -0.05) is 29.8 Å². The van der Waals surface area contributed by atoms with Crippen molar-refractivity contribution in [3.63, 3.8) is 0 Å². The molecule has 1 aromatic heterocycles. The minimum Gasteiger partial charge on any atom is -0.618 e. The molecule has 0 saturated heterocycles. The van der Waals surface area contributed by atoms with E-state index in [9.17, 15) is 10.5 Å². The molecule has 2 aromatic carbocycles. The standard InChI is InChI=1S/C24H20N2O2/c1-16-5-4-6-18(11-16)19-8-9-22(26(27)15-19)21-13-24(2,3)28-23-10-7-17(14-25)12-20(21)23/h4-13,15H,1-3H3. The highest BCUT2D eigenvalue weighted by Gasteiger charge is 2.30. The van der Waals surface area contributed by atoms with E-state index >= 15 is 0 Å². The van der Waals surface area contributed by atoms with Crippen LogP contribution in [0.25, 0.3) is 16.7 Å². The molecule has 0 aliphatic carbocycles. The van der Waals surface area contributed by atoms with Crippen molar-refractivity contribution in [1.82, 2.24) is 0 Å². The van der Waals surface area contributed by atoms with Crippen molar-refractivity contribution >= 4 is 5.57 Å². The summed E-state index contributed by atoms with van der Waals surface area (Å²) in [5, 5.41) is 22.2. The molecule has 0 spiro atoms. The van der Waals surface area contributed by atoms with Gasteiger partial charge in [0.2, 0.25) is 5.69 Å². The van der Waals surface area contributed by atoms with Crippen molar-refractivity contribution in [3.8, 4) is 22.9 Å². The largest absolute Gasteiger partial charge is 0.618 e. The topological polar surface area (TPSA) is 60.0 Å². The molecule has 138 valence electrons. The second-order valence-electron chi connectivity index (χ2n) is 7.58. The van der Waals surface area contributed by atoms with Crippen LogP contribution in [-0.2, 0) is 0 Å². The number of hydrogen-bond donors (Lipinski definition) is 0. The van der Waals surface area contributed by atoms with Gasteiger partial charge in [-0.15, -0.1) is 0 Å². The second-order valence-corrected chi connectivity index (χ2v) is 7.58. The van der Waals surface area contributed by atoms with E-state index in [0.717, 1.165) is 32.6 Å². The lowest BCUT2D eigenvalue weighted by molar-refractivity contribution is -0.607. The minimum absolute atomic E-state index is 0.529. The van der Waals surface area contributed by atoms with E-state index < -0.39 is 5.60 Å². The van der Waals surface area contributed by atoms with Gasteiger partial charge in [-0.05, 0) is 56.7 Å². The Morgan fingerprint density at radius 1 is 1.04 bits per heavy atom. The number of pyridine rings is 1. The fraction of sp³-hybridized carbons (Fsp3) is 0.167. The number of aryl methyl sites for hydroxylation is 1. The zero-order valence-corrected chi connectivity index (χ0v) is 16.1. The maximum absolute atomic E-state index is 12.9. The first-order chi connectivity index (χ1) is 13.4. The van der Waals surface area contributed by atoms with Gasteiger partial charge in [-0.2, -0.15) is 9.99 Å². The van der Waals surface area contributed by atoms with Gasteiger partial charge in [0.05, 0.1) is 17.2 Å². The van der Waals surface area contributed by atoms with Crippen LogP contribution < -0.4 is 9.47 Å². The molecule has 0 bridgehead atoms. The van der Waals surface area contributed by atoms with E-state index in [1.807, 2.05) is 57.2 Å². The van der Waals surface area contributed by atoms with Crippen LogP contribution in [0, 0.1) is 23.5 Å². The van der Waals surface area contributed by atoms with Crippen LogP contribution in [0.1, 0.15) is 36.2 Å². The van der Waals surface area contributed by atoms with E-state index in [-0.39, 0.29) is 0 Å². The molecule has 4 heteroatoms. The molecule has 3 aromatic rings. The van der Waals surface area contributed by atoms with Gasteiger partial charge in [0.15, 0.2) is 6.20 Å². The van der Waals surface area contributed by atoms with Crippen molar-refractivity contribution in [3.05, 3.63) is 94.5 Å². The molecular weight excluding hydrogens is 348 g/mol.